The number of halogens is 1. The lowest BCUT2D eigenvalue weighted by Gasteiger charge is -2.20. The number of imide groups is 1. The minimum atomic E-state index is -0.875. The predicted molar refractivity (Wildman–Crippen MR) is 87.8 cm³/mol. The number of nitrogens with one attached hydrogen (secondary N) is 1. The number of rotatable bonds is 5. The van der Waals surface area contributed by atoms with Gasteiger partial charge in [-0.25, -0.2) is 14.2 Å². The first-order chi connectivity index (χ1) is 11.4. The predicted octanol–water partition coefficient (Wildman–Crippen LogP) is 2.81. The summed E-state index contributed by atoms with van der Waals surface area (Å²) in [5, 5.41) is 2.76. The minimum absolute atomic E-state index is 0.0337. The highest BCUT2D eigenvalue weighted by atomic mass is 19.1. The van der Waals surface area contributed by atoms with Gasteiger partial charge in [0, 0.05) is 6.54 Å². The number of para-hydroxylation sites is 1. The molecule has 0 spiro atoms. The van der Waals surface area contributed by atoms with Crippen molar-refractivity contribution < 1.29 is 14.0 Å². The average molecular weight is 332 g/mol. The molecular formula is C17H21FN4O2. The van der Waals surface area contributed by atoms with Gasteiger partial charge in [0.2, 0.25) is 0 Å². The molecule has 1 aliphatic rings. The molecule has 3 rings (SSSR count). The number of nitrogens with zero attached hydrogens (tertiary/aromatic N) is 3. The van der Waals surface area contributed by atoms with Crippen molar-refractivity contribution in [2.45, 2.75) is 52.2 Å². The summed E-state index contributed by atoms with van der Waals surface area (Å²) in [5.74, 6) is -0.166. The number of urea groups is 1. The van der Waals surface area contributed by atoms with Crippen LogP contribution >= 0.6 is 0 Å². The van der Waals surface area contributed by atoms with E-state index in [2.05, 4.69) is 10.3 Å². The maximum Gasteiger partial charge on any atom is 0.325 e. The zero-order valence-electron chi connectivity index (χ0n) is 14.1. The van der Waals surface area contributed by atoms with Gasteiger partial charge in [-0.15, -0.1) is 0 Å². The van der Waals surface area contributed by atoms with Gasteiger partial charge in [-0.3, -0.25) is 9.69 Å². The molecule has 1 aromatic carbocycles. The van der Waals surface area contributed by atoms with Gasteiger partial charge in [0.25, 0.3) is 5.91 Å². The van der Waals surface area contributed by atoms with Gasteiger partial charge < -0.3 is 9.88 Å². The number of amides is 3. The molecule has 0 saturated carbocycles. The molecule has 1 aliphatic heterocycles. The van der Waals surface area contributed by atoms with Gasteiger partial charge in [0.1, 0.15) is 16.9 Å². The number of hydrogen-bond acceptors (Lipinski definition) is 3. The van der Waals surface area contributed by atoms with Crippen LogP contribution in [0.4, 0.5) is 9.18 Å². The molecule has 1 aromatic heterocycles. The molecule has 1 saturated heterocycles. The second-order valence-corrected chi connectivity index (χ2v) is 6.28. The van der Waals surface area contributed by atoms with E-state index in [4.69, 9.17) is 0 Å². The van der Waals surface area contributed by atoms with Gasteiger partial charge in [0.05, 0.1) is 12.1 Å². The lowest BCUT2D eigenvalue weighted by molar-refractivity contribution is -0.131. The van der Waals surface area contributed by atoms with Crippen LogP contribution in [0, 0.1) is 5.82 Å². The number of aromatic nitrogens is 2. The quantitative estimate of drug-likeness (QED) is 0.856. The number of imidazole rings is 1. The second-order valence-electron chi connectivity index (χ2n) is 6.28. The first-order valence-corrected chi connectivity index (χ1v) is 8.19. The fourth-order valence-corrected chi connectivity index (χ4v) is 3.34. The number of carbonyl (C=O) groups is 2. The third-order valence-electron chi connectivity index (χ3n) is 4.52. The molecular weight excluding hydrogens is 311 g/mol. The first-order valence-electron chi connectivity index (χ1n) is 8.19. The highest BCUT2D eigenvalue weighted by molar-refractivity contribution is 6.06. The molecule has 0 radical (unpaired) electrons. The Hall–Kier alpha value is -2.44. The Morgan fingerprint density at radius 2 is 2.04 bits per heavy atom. The molecule has 0 aliphatic carbocycles. The summed E-state index contributed by atoms with van der Waals surface area (Å²) in [6.45, 7) is 6.23. The highest BCUT2D eigenvalue weighted by Crippen LogP contribution is 2.26. The Morgan fingerprint density at radius 3 is 2.71 bits per heavy atom. The van der Waals surface area contributed by atoms with Crippen LogP contribution in [0.25, 0.3) is 11.0 Å². The van der Waals surface area contributed by atoms with Crippen molar-refractivity contribution in [2.24, 2.45) is 0 Å². The highest BCUT2D eigenvalue weighted by Gasteiger charge is 2.47. The van der Waals surface area contributed by atoms with Crippen molar-refractivity contribution in [3.05, 3.63) is 29.8 Å². The van der Waals surface area contributed by atoms with E-state index in [-0.39, 0.29) is 18.0 Å². The van der Waals surface area contributed by atoms with Crippen LogP contribution in [0.3, 0.4) is 0 Å². The van der Waals surface area contributed by atoms with Crippen LogP contribution in [0.2, 0.25) is 0 Å². The molecule has 2 heterocycles. The summed E-state index contributed by atoms with van der Waals surface area (Å²) >= 11 is 0. The van der Waals surface area contributed by atoms with E-state index >= 15 is 0 Å². The zero-order chi connectivity index (χ0) is 17.5. The lowest BCUT2D eigenvalue weighted by Crippen LogP contribution is -2.43. The molecule has 1 atom stereocenters. The number of benzene rings is 1. The zero-order valence-corrected chi connectivity index (χ0v) is 14.1. The van der Waals surface area contributed by atoms with Crippen molar-refractivity contribution in [3.8, 4) is 0 Å². The summed E-state index contributed by atoms with van der Waals surface area (Å²) in [6.07, 6.45) is 1.36. The molecule has 1 fully saturated rings. The Bertz CT molecular complexity index is 816. The van der Waals surface area contributed by atoms with Crippen molar-refractivity contribution in [2.75, 3.05) is 0 Å². The van der Waals surface area contributed by atoms with Crippen LogP contribution < -0.4 is 5.32 Å². The fraction of sp³-hybridized carbons (Fsp3) is 0.471. The van der Waals surface area contributed by atoms with Gasteiger partial charge in [0.15, 0.2) is 5.82 Å². The SMILES string of the molecule is CCC[C@@]1(C)NC(=O)N(Cc2nc3c(F)cccc3n2CC)C1=O. The Balaban J connectivity index is 1.97. The summed E-state index contributed by atoms with van der Waals surface area (Å²) < 4.78 is 15.8. The first kappa shape index (κ1) is 16.4. The number of aryl methyl sites for hydroxylation is 1. The van der Waals surface area contributed by atoms with E-state index in [0.717, 1.165) is 6.42 Å². The van der Waals surface area contributed by atoms with Gasteiger partial charge in [-0.2, -0.15) is 0 Å². The van der Waals surface area contributed by atoms with Crippen LogP contribution in [0.1, 0.15) is 39.4 Å². The number of carbonyl (C=O) groups excluding carboxylic acids is 2. The van der Waals surface area contributed by atoms with Crippen LogP contribution in [-0.4, -0.2) is 31.9 Å². The standard InChI is InChI=1S/C17H21FN4O2/c1-4-9-17(3)15(23)22(16(24)20-17)10-13-19-14-11(18)7-6-8-12(14)21(13)5-2/h6-8H,4-5,9-10H2,1-3H3,(H,20,24)/t17-/m1/s1. The van der Waals surface area contributed by atoms with E-state index in [1.165, 1.54) is 11.0 Å². The Labute approximate surface area is 139 Å². The van der Waals surface area contributed by atoms with Gasteiger partial charge >= 0.3 is 6.03 Å². The molecule has 1 N–H and O–H groups in total. The second kappa shape index (κ2) is 5.89. The largest absolute Gasteiger partial charge is 0.327 e. The van der Waals surface area contributed by atoms with Crippen LogP contribution in [0.5, 0.6) is 0 Å². The lowest BCUT2D eigenvalue weighted by atomic mass is 9.96. The fourth-order valence-electron chi connectivity index (χ4n) is 3.34. The van der Waals surface area contributed by atoms with E-state index in [1.54, 1.807) is 19.1 Å². The topological polar surface area (TPSA) is 67.2 Å². The molecule has 0 bridgehead atoms. The van der Waals surface area contributed by atoms with E-state index in [1.807, 2.05) is 18.4 Å². The third kappa shape index (κ3) is 2.44. The van der Waals surface area contributed by atoms with E-state index in [0.29, 0.717) is 24.3 Å². The number of hydrogen-bond donors (Lipinski definition) is 1. The summed E-state index contributed by atoms with van der Waals surface area (Å²) in [4.78, 5) is 30.4. The normalized spacial score (nSPS) is 20.9. The molecule has 24 heavy (non-hydrogen) atoms. The molecule has 6 nitrogen and oxygen atoms in total. The van der Waals surface area contributed by atoms with E-state index in [9.17, 15) is 14.0 Å². The van der Waals surface area contributed by atoms with E-state index < -0.39 is 17.4 Å². The molecule has 0 unspecified atom stereocenters. The Morgan fingerprint density at radius 1 is 1.29 bits per heavy atom. The van der Waals surface area contributed by atoms with Crippen molar-refractivity contribution in [1.29, 1.82) is 0 Å². The monoisotopic (exact) mass is 332 g/mol. The van der Waals surface area contributed by atoms with Crippen molar-refractivity contribution in [3.63, 3.8) is 0 Å². The number of fused-ring (bicyclic) bond motifs is 1. The smallest absolute Gasteiger partial charge is 0.325 e. The maximum atomic E-state index is 14.0. The van der Waals surface area contributed by atoms with Gasteiger partial charge in [-0.05, 0) is 32.4 Å². The maximum absolute atomic E-state index is 14.0. The molecule has 2 aromatic rings. The van der Waals surface area contributed by atoms with Crippen molar-refractivity contribution in [1.82, 2.24) is 19.8 Å². The summed E-state index contributed by atoms with van der Waals surface area (Å²) in [7, 11) is 0. The molecule has 3 amide bonds. The molecule has 7 heteroatoms. The summed E-state index contributed by atoms with van der Waals surface area (Å²) in [6, 6.07) is 4.34. The van der Waals surface area contributed by atoms with Crippen LogP contribution in [-0.2, 0) is 17.9 Å². The van der Waals surface area contributed by atoms with Gasteiger partial charge in [-0.1, -0.05) is 19.4 Å². The minimum Gasteiger partial charge on any atom is -0.327 e. The Kier molecular flexibility index (Phi) is 4.03. The third-order valence-corrected chi connectivity index (χ3v) is 4.52. The average Bonchev–Trinajstić information content (AvgIpc) is 2.99. The van der Waals surface area contributed by atoms with Crippen molar-refractivity contribution >= 4 is 23.0 Å². The van der Waals surface area contributed by atoms with Crippen LogP contribution in [0.15, 0.2) is 18.2 Å². The molecule has 128 valence electrons. The summed E-state index contributed by atoms with van der Waals surface area (Å²) in [5.41, 5.74) is 0.0498.